The molecule has 1 heterocycles. The lowest BCUT2D eigenvalue weighted by atomic mass is 9.91. The van der Waals surface area contributed by atoms with E-state index in [1.807, 2.05) is 61.5 Å². The van der Waals surface area contributed by atoms with Gasteiger partial charge in [-0.15, -0.1) is 0 Å². The molecule has 1 unspecified atom stereocenters. The first-order valence-corrected chi connectivity index (χ1v) is 12.3. The number of carbonyl (C=O) groups excluding carboxylic acids is 1. The van der Waals surface area contributed by atoms with Gasteiger partial charge >= 0.3 is 5.97 Å². The molecule has 0 N–H and O–H groups in total. The molecule has 0 spiro atoms. The fourth-order valence-corrected chi connectivity index (χ4v) is 5.67. The zero-order valence-electron chi connectivity index (χ0n) is 18.8. The van der Waals surface area contributed by atoms with Gasteiger partial charge in [0.15, 0.2) is 0 Å². The summed E-state index contributed by atoms with van der Waals surface area (Å²) in [5.41, 5.74) is 4.42. The normalized spacial score (nSPS) is 17.9. The van der Waals surface area contributed by atoms with Gasteiger partial charge in [-0.1, -0.05) is 72.3 Å². The lowest BCUT2D eigenvalue weighted by Crippen LogP contribution is -2.29. The Morgan fingerprint density at radius 3 is 2.36 bits per heavy atom. The monoisotopic (exact) mass is 461 g/mol. The minimum absolute atomic E-state index is 0.0590. The highest BCUT2D eigenvalue weighted by Crippen LogP contribution is 2.33. The minimum Gasteiger partial charge on any atom is -0.465 e. The second kappa shape index (κ2) is 9.73. The van der Waals surface area contributed by atoms with E-state index in [-0.39, 0.29) is 11.9 Å². The van der Waals surface area contributed by atoms with Crippen molar-refractivity contribution in [1.82, 2.24) is 4.31 Å². The van der Waals surface area contributed by atoms with Gasteiger partial charge < -0.3 is 4.74 Å². The number of esters is 1. The van der Waals surface area contributed by atoms with E-state index in [4.69, 9.17) is 4.74 Å². The first-order valence-electron chi connectivity index (χ1n) is 10.9. The molecule has 1 fully saturated rings. The summed E-state index contributed by atoms with van der Waals surface area (Å²) in [5.74, 6) is -0.447. The highest BCUT2D eigenvalue weighted by molar-refractivity contribution is 7.89. The maximum atomic E-state index is 13.4. The SMILES string of the molecule is COC(=O)c1ccccc1CC1CN(S(=O)(=O)c2ccc(C)cc2)C/C1=C\c1ccccc1. The van der Waals surface area contributed by atoms with Gasteiger partial charge in [-0.05, 0) is 54.2 Å². The number of hydrogen-bond acceptors (Lipinski definition) is 4. The number of ether oxygens (including phenoxy) is 1. The summed E-state index contributed by atoms with van der Waals surface area (Å²) in [7, 11) is -2.27. The van der Waals surface area contributed by atoms with Crippen LogP contribution in [0.3, 0.4) is 0 Å². The number of benzene rings is 3. The van der Waals surface area contributed by atoms with Crippen molar-refractivity contribution in [1.29, 1.82) is 0 Å². The average molecular weight is 462 g/mol. The van der Waals surface area contributed by atoms with E-state index < -0.39 is 10.0 Å². The Labute approximate surface area is 195 Å². The molecule has 3 aromatic rings. The minimum atomic E-state index is -3.64. The van der Waals surface area contributed by atoms with E-state index in [1.54, 1.807) is 24.3 Å². The summed E-state index contributed by atoms with van der Waals surface area (Å²) < 4.78 is 33.3. The second-order valence-corrected chi connectivity index (χ2v) is 10.2. The van der Waals surface area contributed by atoms with Crippen molar-refractivity contribution in [3.8, 4) is 0 Å². The zero-order chi connectivity index (χ0) is 23.4. The van der Waals surface area contributed by atoms with Crippen LogP contribution in [0.1, 0.15) is 27.0 Å². The van der Waals surface area contributed by atoms with Crippen LogP contribution < -0.4 is 0 Å². The van der Waals surface area contributed by atoms with Crippen LogP contribution in [0.15, 0.2) is 89.3 Å². The van der Waals surface area contributed by atoms with Crippen LogP contribution in [0, 0.1) is 12.8 Å². The van der Waals surface area contributed by atoms with Crippen LogP contribution in [-0.4, -0.2) is 38.9 Å². The summed E-state index contributed by atoms with van der Waals surface area (Å²) in [6.45, 7) is 2.60. The first kappa shape index (κ1) is 23.0. The van der Waals surface area contributed by atoms with Gasteiger partial charge in [0.2, 0.25) is 10.0 Å². The van der Waals surface area contributed by atoms with E-state index in [0.29, 0.717) is 30.0 Å². The van der Waals surface area contributed by atoms with Crippen molar-refractivity contribution in [2.24, 2.45) is 5.92 Å². The number of sulfonamides is 1. The number of methoxy groups -OCH3 is 1. The van der Waals surface area contributed by atoms with E-state index in [1.165, 1.54) is 11.4 Å². The molecule has 0 aliphatic carbocycles. The smallest absolute Gasteiger partial charge is 0.338 e. The molecule has 33 heavy (non-hydrogen) atoms. The van der Waals surface area contributed by atoms with Crippen LogP contribution in [0.4, 0.5) is 0 Å². The van der Waals surface area contributed by atoms with Crippen molar-refractivity contribution in [2.45, 2.75) is 18.2 Å². The van der Waals surface area contributed by atoms with Crippen molar-refractivity contribution in [2.75, 3.05) is 20.2 Å². The van der Waals surface area contributed by atoms with Gasteiger partial charge in [0.05, 0.1) is 17.6 Å². The second-order valence-electron chi connectivity index (χ2n) is 8.29. The number of nitrogens with zero attached hydrogens (tertiary/aromatic N) is 1. The van der Waals surface area contributed by atoms with Crippen molar-refractivity contribution in [3.05, 3.63) is 107 Å². The third-order valence-corrected chi connectivity index (χ3v) is 7.83. The topological polar surface area (TPSA) is 63.7 Å². The van der Waals surface area contributed by atoms with E-state index in [0.717, 1.165) is 22.3 Å². The van der Waals surface area contributed by atoms with E-state index in [2.05, 4.69) is 6.08 Å². The van der Waals surface area contributed by atoms with Crippen molar-refractivity contribution < 1.29 is 17.9 Å². The Hall–Kier alpha value is -3.22. The quantitative estimate of drug-likeness (QED) is 0.498. The van der Waals surface area contributed by atoms with Gasteiger partial charge in [0.25, 0.3) is 0 Å². The maximum Gasteiger partial charge on any atom is 0.338 e. The Morgan fingerprint density at radius 1 is 1.00 bits per heavy atom. The van der Waals surface area contributed by atoms with Gasteiger partial charge in [0.1, 0.15) is 0 Å². The summed E-state index contributed by atoms with van der Waals surface area (Å²) in [4.78, 5) is 12.6. The third kappa shape index (κ3) is 5.07. The predicted octanol–water partition coefficient (Wildman–Crippen LogP) is 4.73. The summed E-state index contributed by atoms with van der Waals surface area (Å²) in [6, 6.07) is 24.2. The molecule has 0 bridgehead atoms. The van der Waals surface area contributed by atoms with Crippen molar-refractivity contribution in [3.63, 3.8) is 0 Å². The Bertz CT molecular complexity index is 1260. The van der Waals surface area contributed by atoms with E-state index in [9.17, 15) is 13.2 Å². The molecule has 6 heteroatoms. The molecule has 1 atom stereocenters. The summed E-state index contributed by atoms with van der Waals surface area (Å²) in [5, 5.41) is 0. The predicted molar refractivity (Wildman–Crippen MR) is 129 cm³/mol. The van der Waals surface area contributed by atoms with Crippen LogP contribution in [-0.2, 0) is 21.2 Å². The van der Waals surface area contributed by atoms with Crippen LogP contribution in [0.2, 0.25) is 0 Å². The molecule has 170 valence electrons. The standard InChI is InChI=1S/C27H27NO4S/c1-20-12-14-25(15-13-20)33(30,31)28-18-23(16-21-8-4-3-5-9-21)24(19-28)17-22-10-6-7-11-26(22)27(29)32-2/h3-16,24H,17-19H2,1-2H3/b23-16+. The number of hydrogen-bond donors (Lipinski definition) is 0. The van der Waals surface area contributed by atoms with E-state index >= 15 is 0 Å². The van der Waals surface area contributed by atoms with Crippen LogP contribution in [0.5, 0.6) is 0 Å². The van der Waals surface area contributed by atoms with Crippen LogP contribution >= 0.6 is 0 Å². The molecule has 3 aromatic carbocycles. The number of carbonyl (C=O) groups is 1. The number of rotatable bonds is 6. The third-order valence-electron chi connectivity index (χ3n) is 6.01. The molecule has 0 saturated carbocycles. The van der Waals surface area contributed by atoms with Gasteiger partial charge in [0, 0.05) is 13.1 Å². The molecule has 0 radical (unpaired) electrons. The molecular weight excluding hydrogens is 434 g/mol. The fraction of sp³-hybridized carbons (Fsp3) is 0.222. The molecular formula is C27H27NO4S. The zero-order valence-corrected chi connectivity index (χ0v) is 19.6. The summed E-state index contributed by atoms with van der Waals surface area (Å²) >= 11 is 0. The highest BCUT2D eigenvalue weighted by atomic mass is 32.2. The first-order chi connectivity index (χ1) is 15.9. The lowest BCUT2D eigenvalue weighted by Gasteiger charge is -2.17. The van der Waals surface area contributed by atoms with Gasteiger partial charge in [-0.3, -0.25) is 0 Å². The lowest BCUT2D eigenvalue weighted by molar-refractivity contribution is 0.0599. The van der Waals surface area contributed by atoms with Crippen LogP contribution in [0.25, 0.3) is 6.08 Å². The summed E-state index contributed by atoms with van der Waals surface area (Å²) in [6.07, 6.45) is 2.61. The molecule has 1 aliphatic rings. The molecule has 5 nitrogen and oxygen atoms in total. The average Bonchev–Trinajstić information content (AvgIpc) is 3.23. The van der Waals surface area contributed by atoms with Crippen molar-refractivity contribution >= 4 is 22.1 Å². The largest absolute Gasteiger partial charge is 0.465 e. The maximum absolute atomic E-state index is 13.4. The molecule has 1 saturated heterocycles. The Balaban J connectivity index is 1.69. The molecule has 4 rings (SSSR count). The van der Waals surface area contributed by atoms with Gasteiger partial charge in [-0.2, -0.15) is 4.31 Å². The Morgan fingerprint density at radius 2 is 1.67 bits per heavy atom. The highest BCUT2D eigenvalue weighted by Gasteiger charge is 2.36. The molecule has 1 aliphatic heterocycles. The Kier molecular flexibility index (Phi) is 6.77. The van der Waals surface area contributed by atoms with Gasteiger partial charge in [-0.25, -0.2) is 13.2 Å². The fourth-order valence-electron chi connectivity index (χ4n) is 4.20. The molecule has 0 amide bonds. The number of aryl methyl sites for hydroxylation is 1. The molecule has 0 aromatic heterocycles.